The zero-order valence-electron chi connectivity index (χ0n) is 11.3. The standard InChI is InChI=1S/C16H19N2O/c1-2-13-9-11-17(12-18-10-5-8-16(18)19)15-7-4-3-6-14(13)15/h3-4,6-7,9,11H,2,5,8,10,12H2,1H3/q+1. The number of rotatable bonds is 3. The van der Waals surface area contributed by atoms with Crippen molar-refractivity contribution >= 4 is 16.8 Å². The second-order valence-electron chi connectivity index (χ2n) is 5.08. The van der Waals surface area contributed by atoms with Crippen LogP contribution in [0.25, 0.3) is 10.9 Å². The maximum atomic E-state index is 11.8. The number of nitrogens with zero attached hydrogens (tertiary/aromatic N) is 2. The van der Waals surface area contributed by atoms with Gasteiger partial charge in [-0.1, -0.05) is 19.1 Å². The van der Waals surface area contributed by atoms with Crippen molar-refractivity contribution in [2.45, 2.75) is 32.9 Å². The third-order valence-corrected chi connectivity index (χ3v) is 3.89. The van der Waals surface area contributed by atoms with Gasteiger partial charge in [-0.15, -0.1) is 0 Å². The van der Waals surface area contributed by atoms with Crippen molar-refractivity contribution in [2.75, 3.05) is 6.54 Å². The Kier molecular flexibility index (Phi) is 3.20. The molecule has 3 nitrogen and oxygen atoms in total. The summed E-state index contributed by atoms with van der Waals surface area (Å²) in [6, 6.07) is 10.6. The summed E-state index contributed by atoms with van der Waals surface area (Å²) in [5.41, 5.74) is 2.57. The normalized spacial score (nSPS) is 15.4. The van der Waals surface area contributed by atoms with Gasteiger partial charge >= 0.3 is 0 Å². The molecule has 0 saturated carbocycles. The van der Waals surface area contributed by atoms with Crippen molar-refractivity contribution in [2.24, 2.45) is 0 Å². The fourth-order valence-electron chi connectivity index (χ4n) is 2.81. The number of benzene rings is 1. The molecule has 1 aliphatic heterocycles. The van der Waals surface area contributed by atoms with E-state index in [-0.39, 0.29) is 5.91 Å². The number of fused-ring (bicyclic) bond motifs is 1. The second kappa shape index (κ2) is 5.00. The zero-order chi connectivity index (χ0) is 13.2. The Morgan fingerprint density at radius 1 is 1.26 bits per heavy atom. The van der Waals surface area contributed by atoms with Gasteiger partial charge in [0.1, 0.15) is 0 Å². The Bertz CT molecular complexity index is 621. The molecule has 1 aliphatic rings. The van der Waals surface area contributed by atoms with Gasteiger partial charge in [-0.2, -0.15) is 4.57 Å². The Labute approximate surface area is 113 Å². The lowest BCUT2D eigenvalue weighted by Crippen LogP contribution is -2.44. The lowest BCUT2D eigenvalue weighted by Gasteiger charge is -2.13. The highest BCUT2D eigenvalue weighted by molar-refractivity contribution is 5.79. The van der Waals surface area contributed by atoms with Crippen LogP contribution in [0.4, 0.5) is 0 Å². The second-order valence-corrected chi connectivity index (χ2v) is 5.08. The number of carbonyl (C=O) groups is 1. The molecule has 0 atom stereocenters. The number of carbonyl (C=O) groups excluding carboxylic acids is 1. The van der Waals surface area contributed by atoms with E-state index in [0.29, 0.717) is 13.1 Å². The summed E-state index contributed by atoms with van der Waals surface area (Å²) in [5.74, 6) is 0.274. The minimum Gasteiger partial charge on any atom is -0.287 e. The number of aromatic nitrogens is 1. The maximum absolute atomic E-state index is 11.8. The third-order valence-electron chi connectivity index (χ3n) is 3.89. The average molecular weight is 255 g/mol. The van der Waals surface area contributed by atoms with E-state index in [1.807, 2.05) is 4.90 Å². The number of aryl methyl sites for hydroxylation is 1. The topological polar surface area (TPSA) is 24.2 Å². The van der Waals surface area contributed by atoms with Gasteiger partial charge in [-0.05, 0) is 24.5 Å². The van der Waals surface area contributed by atoms with Crippen LogP contribution in [0.5, 0.6) is 0 Å². The molecule has 1 saturated heterocycles. The highest BCUT2D eigenvalue weighted by Gasteiger charge is 2.24. The smallest absolute Gasteiger partial charge is 0.227 e. The molecule has 0 radical (unpaired) electrons. The molecule has 2 aromatic rings. The van der Waals surface area contributed by atoms with Crippen LogP contribution in [0.3, 0.4) is 0 Å². The zero-order valence-corrected chi connectivity index (χ0v) is 11.3. The van der Waals surface area contributed by atoms with E-state index < -0.39 is 0 Å². The quantitative estimate of drug-likeness (QED) is 0.772. The minimum absolute atomic E-state index is 0.274. The highest BCUT2D eigenvalue weighted by atomic mass is 16.2. The van der Waals surface area contributed by atoms with Crippen molar-refractivity contribution < 1.29 is 9.36 Å². The van der Waals surface area contributed by atoms with E-state index in [9.17, 15) is 4.79 Å². The molecule has 0 N–H and O–H groups in total. The number of pyridine rings is 1. The van der Waals surface area contributed by atoms with E-state index in [1.165, 1.54) is 16.5 Å². The van der Waals surface area contributed by atoms with Crippen LogP contribution < -0.4 is 4.57 Å². The monoisotopic (exact) mass is 255 g/mol. The maximum Gasteiger partial charge on any atom is 0.227 e. The molecule has 0 unspecified atom stereocenters. The molecular formula is C16H19N2O+. The Hall–Kier alpha value is -1.90. The van der Waals surface area contributed by atoms with E-state index in [0.717, 1.165) is 19.4 Å². The predicted molar refractivity (Wildman–Crippen MR) is 74.5 cm³/mol. The van der Waals surface area contributed by atoms with Crippen LogP contribution in [0.1, 0.15) is 25.3 Å². The molecule has 1 amide bonds. The van der Waals surface area contributed by atoms with Gasteiger partial charge in [0.15, 0.2) is 6.20 Å². The van der Waals surface area contributed by atoms with Gasteiger partial charge in [-0.3, -0.25) is 9.69 Å². The molecule has 0 spiro atoms. The predicted octanol–water partition coefficient (Wildman–Crippen LogP) is 2.27. The van der Waals surface area contributed by atoms with Crippen LogP contribution in [0, 0.1) is 0 Å². The number of amides is 1. The summed E-state index contributed by atoms with van der Waals surface area (Å²) in [7, 11) is 0. The largest absolute Gasteiger partial charge is 0.287 e. The molecule has 3 rings (SSSR count). The van der Waals surface area contributed by atoms with Gasteiger partial charge in [0.05, 0.1) is 0 Å². The van der Waals surface area contributed by atoms with Crippen molar-refractivity contribution in [1.82, 2.24) is 4.90 Å². The molecular weight excluding hydrogens is 236 g/mol. The van der Waals surface area contributed by atoms with E-state index >= 15 is 0 Å². The summed E-state index contributed by atoms with van der Waals surface area (Å²) in [4.78, 5) is 13.7. The summed E-state index contributed by atoms with van der Waals surface area (Å²) in [5, 5.41) is 1.29. The lowest BCUT2D eigenvalue weighted by molar-refractivity contribution is -0.687. The molecule has 19 heavy (non-hydrogen) atoms. The number of likely N-dealkylation sites (tertiary alicyclic amines) is 1. The van der Waals surface area contributed by atoms with Crippen LogP contribution in [-0.2, 0) is 17.9 Å². The average Bonchev–Trinajstić information content (AvgIpc) is 2.85. The highest BCUT2D eigenvalue weighted by Crippen LogP contribution is 2.16. The van der Waals surface area contributed by atoms with Crippen LogP contribution in [0.15, 0.2) is 36.5 Å². The SMILES string of the molecule is CCc1cc[n+](CN2CCCC2=O)c2ccccc12. The van der Waals surface area contributed by atoms with Gasteiger partial charge in [0.25, 0.3) is 0 Å². The Morgan fingerprint density at radius 2 is 2.11 bits per heavy atom. The summed E-state index contributed by atoms with van der Waals surface area (Å²) >= 11 is 0. The molecule has 2 heterocycles. The molecule has 1 aromatic heterocycles. The fourth-order valence-corrected chi connectivity index (χ4v) is 2.81. The van der Waals surface area contributed by atoms with Crippen LogP contribution in [0.2, 0.25) is 0 Å². The fraction of sp³-hybridized carbons (Fsp3) is 0.375. The van der Waals surface area contributed by atoms with E-state index in [4.69, 9.17) is 0 Å². The first-order chi connectivity index (χ1) is 9.29. The molecule has 3 heteroatoms. The molecule has 0 bridgehead atoms. The molecule has 1 fully saturated rings. The first-order valence-corrected chi connectivity index (χ1v) is 6.97. The first-order valence-electron chi connectivity index (χ1n) is 6.97. The summed E-state index contributed by atoms with van der Waals surface area (Å²) < 4.78 is 2.18. The number of para-hydroxylation sites is 1. The van der Waals surface area contributed by atoms with Crippen LogP contribution in [-0.4, -0.2) is 17.4 Å². The van der Waals surface area contributed by atoms with Crippen molar-refractivity contribution in [3.05, 3.63) is 42.1 Å². The first kappa shape index (κ1) is 12.2. The van der Waals surface area contributed by atoms with Crippen molar-refractivity contribution in [3.63, 3.8) is 0 Å². The third kappa shape index (κ3) is 2.21. The van der Waals surface area contributed by atoms with Crippen molar-refractivity contribution in [3.8, 4) is 0 Å². The van der Waals surface area contributed by atoms with Crippen LogP contribution >= 0.6 is 0 Å². The number of hydrogen-bond donors (Lipinski definition) is 0. The Morgan fingerprint density at radius 3 is 2.84 bits per heavy atom. The molecule has 1 aromatic carbocycles. The number of hydrogen-bond acceptors (Lipinski definition) is 1. The van der Waals surface area contributed by atoms with E-state index in [1.54, 1.807) is 0 Å². The van der Waals surface area contributed by atoms with Gasteiger partial charge < -0.3 is 0 Å². The van der Waals surface area contributed by atoms with Gasteiger partial charge in [0, 0.05) is 30.5 Å². The van der Waals surface area contributed by atoms with E-state index in [2.05, 4.69) is 48.0 Å². The lowest BCUT2D eigenvalue weighted by atomic mass is 10.1. The summed E-state index contributed by atoms with van der Waals surface area (Å²) in [6.07, 6.45) is 4.83. The van der Waals surface area contributed by atoms with Gasteiger partial charge in [-0.25, -0.2) is 0 Å². The van der Waals surface area contributed by atoms with Gasteiger partial charge in [0.2, 0.25) is 18.1 Å². The molecule has 0 aliphatic carbocycles. The summed E-state index contributed by atoms with van der Waals surface area (Å²) in [6.45, 7) is 3.73. The minimum atomic E-state index is 0.274. The Balaban J connectivity index is 2.02. The molecule has 98 valence electrons. The van der Waals surface area contributed by atoms with Crippen molar-refractivity contribution in [1.29, 1.82) is 0 Å².